The molecule has 0 amide bonds. The Balaban J connectivity index is 1.86. The maximum atomic E-state index is 4.32. The minimum Gasteiger partial charge on any atom is -0.354 e. The Morgan fingerprint density at radius 2 is 2.33 bits per heavy atom. The number of aromatic nitrogens is 3. The summed E-state index contributed by atoms with van der Waals surface area (Å²) in [6, 6.07) is 4.04. The van der Waals surface area contributed by atoms with Gasteiger partial charge in [0.25, 0.3) is 0 Å². The van der Waals surface area contributed by atoms with Crippen LogP contribution < -0.4 is 5.32 Å². The van der Waals surface area contributed by atoms with Crippen molar-refractivity contribution in [1.82, 2.24) is 24.6 Å². The molecule has 2 heterocycles. The van der Waals surface area contributed by atoms with E-state index in [1.165, 1.54) is 5.69 Å². The molecule has 0 bridgehead atoms. The molecule has 0 aliphatic heterocycles. The number of nitrogens with one attached hydrogen (secondary N) is 1. The largest absolute Gasteiger partial charge is 0.354 e. The molecule has 2 rings (SSSR count). The summed E-state index contributed by atoms with van der Waals surface area (Å²) in [4.78, 5) is 6.42. The van der Waals surface area contributed by atoms with Crippen molar-refractivity contribution in [3.8, 4) is 0 Å². The van der Waals surface area contributed by atoms with Gasteiger partial charge in [-0.3, -0.25) is 9.67 Å². The highest BCUT2D eigenvalue weighted by Crippen LogP contribution is 2.14. The predicted octanol–water partition coefficient (Wildman–Crippen LogP) is 1.69. The first kappa shape index (κ1) is 15.6. The molecule has 0 unspecified atom stereocenters. The van der Waals surface area contributed by atoms with Gasteiger partial charge < -0.3 is 14.8 Å². The SMILES string of the molecule is CN=C(NCCn1cccn1)N(C)Cc1cc(Br)cn1C. The summed E-state index contributed by atoms with van der Waals surface area (Å²) < 4.78 is 5.10. The van der Waals surface area contributed by atoms with Gasteiger partial charge in [-0.05, 0) is 28.1 Å². The van der Waals surface area contributed by atoms with Crippen molar-refractivity contribution in [3.63, 3.8) is 0 Å². The van der Waals surface area contributed by atoms with Crippen LogP contribution in [0.4, 0.5) is 0 Å². The molecule has 0 aliphatic rings. The zero-order chi connectivity index (χ0) is 15.2. The van der Waals surface area contributed by atoms with Crippen molar-refractivity contribution in [2.24, 2.45) is 12.0 Å². The maximum absolute atomic E-state index is 4.32. The molecule has 1 N–H and O–H groups in total. The predicted molar refractivity (Wildman–Crippen MR) is 88.2 cm³/mol. The number of nitrogens with zero attached hydrogens (tertiary/aromatic N) is 5. The van der Waals surface area contributed by atoms with Crippen LogP contribution >= 0.6 is 15.9 Å². The van der Waals surface area contributed by atoms with Crippen LogP contribution in [-0.2, 0) is 20.1 Å². The lowest BCUT2D eigenvalue weighted by Crippen LogP contribution is -2.40. The Labute approximate surface area is 133 Å². The van der Waals surface area contributed by atoms with E-state index in [9.17, 15) is 0 Å². The first-order chi connectivity index (χ1) is 10.1. The van der Waals surface area contributed by atoms with E-state index in [-0.39, 0.29) is 0 Å². The van der Waals surface area contributed by atoms with Gasteiger partial charge in [0.2, 0.25) is 0 Å². The van der Waals surface area contributed by atoms with Crippen molar-refractivity contribution in [2.75, 3.05) is 20.6 Å². The van der Waals surface area contributed by atoms with Gasteiger partial charge in [0, 0.05) is 56.4 Å². The molecule has 0 aromatic carbocycles. The van der Waals surface area contributed by atoms with E-state index >= 15 is 0 Å². The topological polar surface area (TPSA) is 50.4 Å². The molecule has 114 valence electrons. The number of halogens is 1. The number of aliphatic imine (C=N–C) groups is 1. The fraction of sp³-hybridized carbons (Fsp3) is 0.429. The smallest absolute Gasteiger partial charge is 0.193 e. The summed E-state index contributed by atoms with van der Waals surface area (Å²) in [5.74, 6) is 0.875. The number of aryl methyl sites for hydroxylation is 1. The second-order valence-corrected chi connectivity index (χ2v) is 5.78. The molecule has 7 heteroatoms. The van der Waals surface area contributed by atoms with Crippen LogP contribution in [0.5, 0.6) is 0 Å². The van der Waals surface area contributed by atoms with Crippen LogP contribution in [0.1, 0.15) is 5.69 Å². The van der Waals surface area contributed by atoms with E-state index < -0.39 is 0 Å². The summed E-state index contributed by atoms with van der Waals surface area (Å²) in [6.45, 7) is 2.40. The van der Waals surface area contributed by atoms with Crippen LogP contribution in [0.2, 0.25) is 0 Å². The van der Waals surface area contributed by atoms with Gasteiger partial charge >= 0.3 is 0 Å². The summed E-state index contributed by atoms with van der Waals surface area (Å²) >= 11 is 3.50. The third-order valence-corrected chi connectivity index (χ3v) is 3.66. The Kier molecular flexibility index (Phi) is 5.44. The van der Waals surface area contributed by atoms with E-state index in [4.69, 9.17) is 0 Å². The van der Waals surface area contributed by atoms with Crippen LogP contribution in [0, 0.1) is 0 Å². The van der Waals surface area contributed by atoms with Crippen LogP contribution in [-0.4, -0.2) is 45.8 Å². The second-order valence-electron chi connectivity index (χ2n) is 4.86. The standard InChI is InChI=1S/C14H21BrN6/c1-16-14(17-6-8-21-7-4-5-18-21)20(3)11-13-9-12(15)10-19(13)2/h4-5,7,9-10H,6,8,11H2,1-3H3,(H,16,17). The second kappa shape index (κ2) is 7.31. The van der Waals surface area contributed by atoms with Crippen molar-refractivity contribution < 1.29 is 0 Å². The van der Waals surface area contributed by atoms with Gasteiger partial charge in [0.1, 0.15) is 0 Å². The molecule has 6 nitrogen and oxygen atoms in total. The Morgan fingerprint density at radius 1 is 1.52 bits per heavy atom. The van der Waals surface area contributed by atoms with E-state index in [1.54, 1.807) is 13.2 Å². The van der Waals surface area contributed by atoms with Crippen molar-refractivity contribution >= 4 is 21.9 Å². The highest BCUT2D eigenvalue weighted by molar-refractivity contribution is 9.10. The molecule has 0 spiro atoms. The normalized spacial score (nSPS) is 11.7. The van der Waals surface area contributed by atoms with Gasteiger partial charge in [-0.15, -0.1) is 0 Å². The number of hydrogen-bond donors (Lipinski definition) is 1. The molecule has 21 heavy (non-hydrogen) atoms. The minimum atomic E-state index is 0.787. The lowest BCUT2D eigenvalue weighted by molar-refractivity contribution is 0.457. The highest BCUT2D eigenvalue weighted by atomic mass is 79.9. The summed E-state index contributed by atoms with van der Waals surface area (Å²) in [5, 5.41) is 7.53. The van der Waals surface area contributed by atoms with E-state index in [0.29, 0.717) is 0 Å². The third-order valence-electron chi connectivity index (χ3n) is 3.23. The molecule has 2 aromatic rings. The van der Waals surface area contributed by atoms with E-state index in [0.717, 1.165) is 30.1 Å². The number of hydrogen-bond acceptors (Lipinski definition) is 2. The van der Waals surface area contributed by atoms with Gasteiger partial charge in [0.05, 0.1) is 13.1 Å². The monoisotopic (exact) mass is 352 g/mol. The molecule has 0 atom stereocenters. The first-order valence-electron chi connectivity index (χ1n) is 6.80. The van der Waals surface area contributed by atoms with Crippen LogP contribution in [0.15, 0.2) is 40.2 Å². The van der Waals surface area contributed by atoms with Gasteiger partial charge in [-0.1, -0.05) is 0 Å². The van der Waals surface area contributed by atoms with E-state index in [1.807, 2.05) is 31.0 Å². The highest BCUT2D eigenvalue weighted by Gasteiger charge is 2.09. The molecule has 0 saturated heterocycles. The minimum absolute atomic E-state index is 0.787. The van der Waals surface area contributed by atoms with Crippen molar-refractivity contribution in [3.05, 3.63) is 40.9 Å². The average molecular weight is 353 g/mol. The molecule has 2 aromatic heterocycles. The van der Waals surface area contributed by atoms with Gasteiger partial charge in [-0.2, -0.15) is 5.10 Å². The Bertz CT molecular complexity index is 587. The lowest BCUT2D eigenvalue weighted by atomic mass is 10.4. The van der Waals surface area contributed by atoms with Crippen LogP contribution in [0.25, 0.3) is 0 Å². The lowest BCUT2D eigenvalue weighted by Gasteiger charge is -2.22. The average Bonchev–Trinajstić information content (AvgIpc) is 3.05. The Morgan fingerprint density at radius 3 is 2.90 bits per heavy atom. The molecule has 0 fully saturated rings. The fourth-order valence-electron chi connectivity index (χ4n) is 2.14. The van der Waals surface area contributed by atoms with Crippen LogP contribution in [0.3, 0.4) is 0 Å². The molecule has 0 saturated carbocycles. The first-order valence-corrected chi connectivity index (χ1v) is 7.59. The summed E-state index contributed by atoms with van der Waals surface area (Å²) in [5.41, 5.74) is 1.22. The molecule has 0 radical (unpaired) electrons. The molecular formula is C14H21BrN6. The van der Waals surface area contributed by atoms with Crippen molar-refractivity contribution in [1.29, 1.82) is 0 Å². The summed E-state index contributed by atoms with van der Waals surface area (Å²) in [7, 11) is 5.87. The third kappa shape index (κ3) is 4.35. The zero-order valence-corrected chi connectivity index (χ0v) is 14.2. The molecular weight excluding hydrogens is 332 g/mol. The number of rotatable bonds is 5. The molecule has 0 aliphatic carbocycles. The van der Waals surface area contributed by atoms with Crippen molar-refractivity contribution in [2.45, 2.75) is 13.1 Å². The number of guanidine groups is 1. The Hall–Kier alpha value is -1.76. The summed E-state index contributed by atoms with van der Waals surface area (Å²) in [6.07, 6.45) is 5.79. The maximum Gasteiger partial charge on any atom is 0.193 e. The zero-order valence-electron chi connectivity index (χ0n) is 12.6. The quantitative estimate of drug-likeness (QED) is 0.658. The fourth-order valence-corrected chi connectivity index (χ4v) is 2.71. The van der Waals surface area contributed by atoms with Gasteiger partial charge in [0.15, 0.2) is 5.96 Å². The van der Waals surface area contributed by atoms with Gasteiger partial charge in [-0.25, -0.2) is 0 Å². The van der Waals surface area contributed by atoms with E-state index in [2.05, 4.69) is 53.1 Å².